The van der Waals surface area contributed by atoms with Crippen LogP contribution in [0.25, 0.3) is 0 Å². The summed E-state index contributed by atoms with van der Waals surface area (Å²) in [4.78, 5) is 30.1. The molecular weight excluding hydrogens is 358 g/mol. The first-order valence-corrected chi connectivity index (χ1v) is 10.4. The fraction of sp³-hybridized carbons (Fsp3) is 0.476. The lowest BCUT2D eigenvalue weighted by atomic mass is 10.1. The van der Waals surface area contributed by atoms with Gasteiger partial charge in [-0.1, -0.05) is 55.4 Å². The molecule has 1 aliphatic rings. The zero-order chi connectivity index (χ0) is 19.4. The van der Waals surface area contributed by atoms with E-state index in [0.29, 0.717) is 23.2 Å². The van der Waals surface area contributed by atoms with Gasteiger partial charge in [0, 0.05) is 30.8 Å². The van der Waals surface area contributed by atoms with Crippen molar-refractivity contribution in [3.63, 3.8) is 0 Å². The molecule has 2 aromatic rings. The van der Waals surface area contributed by atoms with E-state index in [9.17, 15) is 9.59 Å². The number of hydrogen-bond acceptors (Lipinski definition) is 4. The minimum atomic E-state index is -0.215. The molecule has 27 heavy (non-hydrogen) atoms. The van der Waals surface area contributed by atoms with Gasteiger partial charge in [0.05, 0.1) is 5.25 Å². The Labute approximate surface area is 164 Å². The number of thioether (sulfide) groups is 1. The molecule has 1 saturated carbocycles. The maximum absolute atomic E-state index is 12.9. The molecule has 1 heterocycles. The molecule has 6 heteroatoms. The quantitative estimate of drug-likeness (QED) is 0.560. The van der Waals surface area contributed by atoms with Gasteiger partial charge >= 0.3 is 0 Å². The summed E-state index contributed by atoms with van der Waals surface area (Å²) < 4.78 is 1.59. The largest absolute Gasteiger partial charge is 0.352 e. The van der Waals surface area contributed by atoms with Crippen LogP contribution in [-0.4, -0.2) is 26.8 Å². The average molecular weight is 386 g/mol. The number of aryl methyl sites for hydroxylation is 1. The summed E-state index contributed by atoms with van der Waals surface area (Å²) in [7, 11) is 1.74. The van der Waals surface area contributed by atoms with E-state index in [1.165, 1.54) is 11.8 Å². The number of amides is 1. The van der Waals surface area contributed by atoms with Crippen LogP contribution in [0.3, 0.4) is 0 Å². The van der Waals surface area contributed by atoms with Crippen LogP contribution in [-0.2, 0) is 18.3 Å². The molecule has 0 saturated heterocycles. The molecule has 0 aliphatic heterocycles. The number of aromatic nitrogens is 2. The summed E-state index contributed by atoms with van der Waals surface area (Å²) in [6, 6.07) is 10.3. The van der Waals surface area contributed by atoms with E-state index in [0.717, 1.165) is 36.9 Å². The third kappa shape index (κ3) is 5.01. The van der Waals surface area contributed by atoms with E-state index in [4.69, 9.17) is 0 Å². The molecule has 1 aromatic carbocycles. The van der Waals surface area contributed by atoms with E-state index in [-0.39, 0.29) is 16.7 Å². The molecular formula is C21H27N3O2S. The van der Waals surface area contributed by atoms with Crippen LogP contribution in [0.1, 0.15) is 49.4 Å². The third-order valence-corrected chi connectivity index (χ3v) is 6.10. The third-order valence-electron chi connectivity index (χ3n) is 4.79. The Morgan fingerprint density at radius 1 is 1.33 bits per heavy atom. The van der Waals surface area contributed by atoms with Crippen LogP contribution in [0, 0.1) is 6.92 Å². The van der Waals surface area contributed by atoms with Crippen LogP contribution in [0.15, 0.2) is 40.3 Å². The summed E-state index contributed by atoms with van der Waals surface area (Å²) in [6.45, 7) is 3.95. The van der Waals surface area contributed by atoms with E-state index >= 15 is 0 Å². The molecule has 1 unspecified atom stereocenters. The number of carbonyl (C=O) groups excluding carboxylic acids is 1. The lowest BCUT2D eigenvalue weighted by Gasteiger charge is -2.18. The van der Waals surface area contributed by atoms with Crippen molar-refractivity contribution in [1.82, 2.24) is 14.9 Å². The predicted octanol–water partition coefficient (Wildman–Crippen LogP) is 3.22. The van der Waals surface area contributed by atoms with Crippen molar-refractivity contribution < 1.29 is 4.79 Å². The summed E-state index contributed by atoms with van der Waals surface area (Å²) in [6.07, 6.45) is 4.38. The zero-order valence-corrected chi connectivity index (χ0v) is 17.0. The minimum absolute atomic E-state index is 0.0355. The summed E-state index contributed by atoms with van der Waals surface area (Å²) >= 11 is 1.40. The van der Waals surface area contributed by atoms with Crippen molar-refractivity contribution in [3.8, 4) is 0 Å². The highest BCUT2D eigenvalue weighted by Gasteiger charge is 2.28. The van der Waals surface area contributed by atoms with Gasteiger partial charge in [-0.05, 0) is 31.7 Å². The smallest absolute Gasteiger partial charge is 0.257 e. The number of nitrogens with one attached hydrogen (secondary N) is 1. The number of carbonyl (C=O) groups is 1. The standard InChI is InChI=1S/C21H27N3O2S/c1-4-8-18(19(25)23-16-11-12-16)27-21-22-14(2)17(20(26)24(21)3)13-15-9-6-5-7-10-15/h5-7,9-10,16,18H,4,8,11-13H2,1-3H3,(H,23,25). The van der Waals surface area contributed by atoms with Crippen LogP contribution < -0.4 is 10.9 Å². The van der Waals surface area contributed by atoms with Gasteiger partial charge in [-0.3, -0.25) is 14.2 Å². The maximum atomic E-state index is 12.9. The first-order valence-electron chi connectivity index (χ1n) is 9.57. The van der Waals surface area contributed by atoms with Gasteiger partial charge in [-0.15, -0.1) is 0 Å². The summed E-state index contributed by atoms with van der Waals surface area (Å²) in [5.74, 6) is 0.0598. The first-order chi connectivity index (χ1) is 13.0. The van der Waals surface area contributed by atoms with Crippen molar-refractivity contribution in [2.45, 2.75) is 62.4 Å². The highest BCUT2D eigenvalue weighted by molar-refractivity contribution is 8.00. The first kappa shape index (κ1) is 19.7. The Hall–Kier alpha value is -2.08. The molecule has 3 rings (SSSR count). The van der Waals surface area contributed by atoms with Gasteiger partial charge in [0.2, 0.25) is 5.91 Å². The van der Waals surface area contributed by atoms with Crippen LogP contribution in [0.5, 0.6) is 0 Å². The van der Waals surface area contributed by atoms with E-state index in [1.54, 1.807) is 11.6 Å². The second-order valence-electron chi connectivity index (χ2n) is 7.16. The van der Waals surface area contributed by atoms with Crippen molar-refractivity contribution in [1.29, 1.82) is 0 Å². The normalized spacial score (nSPS) is 14.8. The zero-order valence-electron chi connectivity index (χ0n) is 16.2. The molecule has 0 spiro atoms. The second-order valence-corrected chi connectivity index (χ2v) is 8.33. The van der Waals surface area contributed by atoms with Crippen molar-refractivity contribution >= 4 is 17.7 Å². The topological polar surface area (TPSA) is 64.0 Å². The minimum Gasteiger partial charge on any atom is -0.352 e. The van der Waals surface area contributed by atoms with Crippen LogP contribution in [0.2, 0.25) is 0 Å². The Balaban J connectivity index is 1.82. The highest BCUT2D eigenvalue weighted by Crippen LogP contribution is 2.27. The average Bonchev–Trinajstić information content (AvgIpc) is 3.47. The lowest BCUT2D eigenvalue weighted by Crippen LogP contribution is -2.35. The molecule has 144 valence electrons. The monoisotopic (exact) mass is 385 g/mol. The maximum Gasteiger partial charge on any atom is 0.257 e. The molecule has 1 amide bonds. The Bertz CT molecular complexity index is 860. The SMILES string of the molecule is CCCC(Sc1nc(C)c(Cc2ccccc2)c(=O)n1C)C(=O)NC1CC1. The lowest BCUT2D eigenvalue weighted by molar-refractivity contribution is -0.120. The van der Waals surface area contributed by atoms with Gasteiger partial charge in [0.25, 0.3) is 5.56 Å². The Morgan fingerprint density at radius 3 is 2.67 bits per heavy atom. The van der Waals surface area contributed by atoms with Crippen LogP contribution in [0.4, 0.5) is 0 Å². The van der Waals surface area contributed by atoms with E-state index < -0.39 is 0 Å². The predicted molar refractivity (Wildman–Crippen MR) is 109 cm³/mol. The highest BCUT2D eigenvalue weighted by atomic mass is 32.2. The molecule has 0 bridgehead atoms. The molecule has 1 fully saturated rings. The summed E-state index contributed by atoms with van der Waals surface area (Å²) in [5, 5.41) is 3.47. The van der Waals surface area contributed by atoms with Crippen molar-refractivity contribution in [2.75, 3.05) is 0 Å². The number of rotatable bonds is 8. The fourth-order valence-corrected chi connectivity index (χ4v) is 4.21. The molecule has 1 N–H and O–H groups in total. The molecule has 1 aliphatic carbocycles. The van der Waals surface area contributed by atoms with Gasteiger partial charge in [-0.25, -0.2) is 4.98 Å². The second kappa shape index (κ2) is 8.74. The van der Waals surface area contributed by atoms with Gasteiger partial charge < -0.3 is 5.32 Å². The summed E-state index contributed by atoms with van der Waals surface area (Å²) in [5.41, 5.74) is 2.50. The molecule has 5 nitrogen and oxygen atoms in total. The van der Waals surface area contributed by atoms with E-state index in [1.807, 2.05) is 37.3 Å². The Kier molecular flexibility index (Phi) is 6.37. The molecule has 0 radical (unpaired) electrons. The number of hydrogen-bond donors (Lipinski definition) is 1. The Morgan fingerprint density at radius 2 is 2.04 bits per heavy atom. The molecule has 1 atom stereocenters. The fourth-order valence-electron chi connectivity index (χ4n) is 2.99. The number of benzene rings is 1. The van der Waals surface area contributed by atoms with E-state index in [2.05, 4.69) is 17.2 Å². The van der Waals surface area contributed by atoms with Gasteiger partial charge in [0.15, 0.2) is 5.16 Å². The van der Waals surface area contributed by atoms with Gasteiger partial charge in [0.1, 0.15) is 0 Å². The number of nitrogens with zero attached hydrogens (tertiary/aromatic N) is 2. The van der Waals surface area contributed by atoms with Crippen molar-refractivity contribution in [2.24, 2.45) is 7.05 Å². The van der Waals surface area contributed by atoms with Crippen molar-refractivity contribution in [3.05, 3.63) is 57.5 Å². The van der Waals surface area contributed by atoms with Crippen LogP contribution >= 0.6 is 11.8 Å². The molecule has 1 aromatic heterocycles. The van der Waals surface area contributed by atoms with Gasteiger partial charge in [-0.2, -0.15) is 0 Å².